The summed E-state index contributed by atoms with van der Waals surface area (Å²) in [6, 6.07) is 0. The summed E-state index contributed by atoms with van der Waals surface area (Å²) in [5.74, 6) is -2.58. The Kier molecular flexibility index (Phi) is 8.50. The molecule has 0 aliphatic rings. The second-order valence-corrected chi connectivity index (χ2v) is 1.93. The van der Waals surface area contributed by atoms with Crippen LogP contribution in [0.1, 0.15) is 20.8 Å². The number of aliphatic carboxylic acids is 1. The van der Waals surface area contributed by atoms with Crippen molar-refractivity contribution in [3.05, 3.63) is 0 Å². The molecule has 0 rings (SSSR count). The highest BCUT2D eigenvalue weighted by Gasteiger charge is 2.09. The molecule has 0 unspecified atom stereocenters. The quantitative estimate of drug-likeness (QED) is 0.457. The van der Waals surface area contributed by atoms with Gasteiger partial charge in [-0.05, 0) is 20.8 Å². The number of carbonyl (C=O) groups is 3. The van der Waals surface area contributed by atoms with Crippen LogP contribution in [0.4, 0.5) is 0 Å². The first kappa shape index (κ1) is 13.2. The summed E-state index contributed by atoms with van der Waals surface area (Å²) in [6.45, 7) is 4.70. The normalized spacial score (nSPS) is 7.58. The van der Waals surface area contributed by atoms with E-state index in [0.717, 1.165) is 0 Å². The van der Waals surface area contributed by atoms with E-state index >= 15 is 0 Å². The lowest BCUT2D eigenvalue weighted by molar-refractivity contribution is -0.163. The van der Waals surface area contributed by atoms with Gasteiger partial charge in [0.15, 0.2) is 0 Å². The van der Waals surface area contributed by atoms with E-state index in [2.05, 4.69) is 4.74 Å². The molecule has 70 valence electrons. The fourth-order valence-electron chi connectivity index (χ4n) is 0.193. The third-order valence-corrected chi connectivity index (χ3v) is 0.450. The summed E-state index contributed by atoms with van der Waals surface area (Å²) in [6.07, 6.45) is 0. The molecule has 0 saturated carbocycles. The minimum Gasteiger partial charge on any atom is -0.473 e. The molecule has 0 atom stereocenters. The molecule has 0 spiro atoms. The van der Waals surface area contributed by atoms with Gasteiger partial charge in [-0.2, -0.15) is 0 Å². The average Bonchev–Trinajstić information content (AvgIpc) is 1.86. The van der Waals surface area contributed by atoms with Gasteiger partial charge >= 0.3 is 11.9 Å². The molecule has 0 saturated heterocycles. The van der Waals surface area contributed by atoms with Gasteiger partial charge in [-0.25, -0.2) is 9.59 Å². The first-order chi connectivity index (χ1) is 5.41. The smallest absolute Gasteiger partial charge is 0.417 e. The van der Waals surface area contributed by atoms with Crippen LogP contribution in [0.3, 0.4) is 0 Å². The summed E-state index contributed by atoms with van der Waals surface area (Å²) in [4.78, 5) is 29.0. The number of ketones is 1. The molecule has 0 fully saturated rings. The van der Waals surface area contributed by atoms with Gasteiger partial charge < -0.3 is 14.6 Å². The number of Topliss-reactive ketones (excluding diaryl/α,β-unsaturated/α-hetero) is 1. The molecule has 0 aromatic rings. The molecule has 0 bridgehead atoms. The Morgan fingerprint density at radius 2 is 1.58 bits per heavy atom. The number of carboxylic acid groups (broad SMARTS) is 1. The molecule has 5 heteroatoms. The van der Waals surface area contributed by atoms with Gasteiger partial charge in [-0.3, -0.25) is 0 Å². The lowest BCUT2D eigenvalue weighted by Crippen LogP contribution is -2.15. The maximum absolute atomic E-state index is 9.92. The molecule has 0 aromatic carbocycles. The molecule has 12 heavy (non-hydrogen) atoms. The highest BCUT2D eigenvalue weighted by Crippen LogP contribution is 1.74. The standard InChI is InChI=1S/C4H6O4.C3H6O/c1-2-8-4(7)3(5)6;1-3(2)4/h2H2,1H3,(H,5,6);1-2H3. The van der Waals surface area contributed by atoms with E-state index in [0.29, 0.717) is 0 Å². The summed E-state index contributed by atoms with van der Waals surface area (Å²) in [5, 5.41) is 7.84. The maximum atomic E-state index is 9.92. The zero-order valence-electron chi connectivity index (χ0n) is 7.29. The third kappa shape index (κ3) is 15.8. The van der Waals surface area contributed by atoms with Crippen molar-refractivity contribution in [2.45, 2.75) is 20.8 Å². The molecule has 0 amide bonds. The summed E-state index contributed by atoms with van der Waals surface area (Å²) in [5.41, 5.74) is 0. The first-order valence-corrected chi connectivity index (χ1v) is 3.29. The zero-order chi connectivity index (χ0) is 10.1. The Hall–Kier alpha value is -1.39. The monoisotopic (exact) mass is 176 g/mol. The van der Waals surface area contributed by atoms with Gasteiger partial charge in [-0.1, -0.05) is 0 Å². The number of carbonyl (C=O) groups excluding carboxylic acids is 2. The second kappa shape index (κ2) is 7.71. The van der Waals surface area contributed by atoms with Crippen LogP contribution in [-0.4, -0.2) is 29.4 Å². The van der Waals surface area contributed by atoms with Crippen molar-refractivity contribution >= 4 is 17.7 Å². The van der Waals surface area contributed by atoms with Gasteiger partial charge in [0.1, 0.15) is 5.78 Å². The molecular weight excluding hydrogens is 164 g/mol. The van der Waals surface area contributed by atoms with E-state index in [1.807, 2.05) is 0 Å². The van der Waals surface area contributed by atoms with Crippen LogP contribution in [0.2, 0.25) is 0 Å². The molecule has 0 aliphatic carbocycles. The predicted octanol–water partition coefficient (Wildman–Crippen LogP) is 0.229. The van der Waals surface area contributed by atoms with E-state index in [1.165, 1.54) is 13.8 Å². The Labute approximate surface area is 70.3 Å². The number of hydrogen-bond acceptors (Lipinski definition) is 4. The lowest BCUT2D eigenvalue weighted by atomic mass is 10.6. The fraction of sp³-hybridized carbons (Fsp3) is 0.571. The average molecular weight is 176 g/mol. The number of hydrogen-bond donors (Lipinski definition) is 1. The number of carboxylic acids is 1. The van der Waals surface area contributed by atoms with E-state index in [4.69, 9.17) is 5.11 Å². The van der Waals surface area contributed by atoms with Crippen molar-refractivity contribution in [1.29, 1.82) is 0 Å². The SMILES string of the molecule is CC(C)=O.CCOC(=O)C(=O)O. The van der Waals surface area contributed by atoms with Crippen LogP contribution < -0.4 is 0 Å². The van der Waals surface area contributed by atoms with E-state index in [9.17, 15) is 14.4 Å². The minimum atomic E-state index is -1.55. The van der Waals surface area contributed by atoms with Crippen LogP contribution in [0, 0.1) is 0 Å². The van der Waals surface area contributed by atoms with Gasteiger partial charge in [-0.15, -0.1) is 0 Å². The molecule has 0 aliphatic heterocycles. The predicted molar refractivity (Wildman–Crippen MR) is 40.6 cm³/mol. The van der Waals surface area contributed by atoms with Gasteiger partial charge in [0.05, 0.1) is 6.61 Å². The molecular formula is C7H12O5. The van der Waals surface area contributed by atoms with E-state index in [1.54, 1.807) is 6.92 Å². The lowest BCUT2D eigenvalue weighted by Gasteiger charge is -1.91. The molecule has 1 N–H and O–H groups in total. The molecule has 0 heterocycles. The van der Waals surface area contributed by atoms with Gasteiger partial charge in [0.25, 0.3) is 0 Å². The fourth-order valence-corrected chi connectivity index (χ4v) is 0.193. The van der Waals surface area contributed by atoms with Crippen molar-refractivity contribution in [1.82, 2.24) is 0 Å². The highest BCUT2D eigenvalue weighted by molar-refractivity contribution is 6.28. The van der Waals surface area contributed by atoms with Crippen LogP contribution in [0.25, 0.3) is 0 Å². The summed E-state index contributed by atoms with van der Waals surface area (Å²) < 4.78 is 4.06. The Bertz CT molecular complexity index is 169. The van der Waals surface area contributed by atoms with Crippen molar-refractivity contribution in [3.63, 3.8) is 0 Å². The first-order valence-electron chi connectivity index (χ1n) is 3.29. The highest BCUT2D eigenvalue weighted by atomic mass is 16.6. The van der Waals surface area contributed by atoms with Crippen molar-refractivity contribution in [3.8, 4) is 0 Å². The van der Waals surface area contributed by atoms with Crippen LogP contribution >= 0.6 is 0 Å². The van der Waals surface area contributed by atoms with Crippen molar-refractivity contribution < 1.29 is 24.2 Å². The van der Waals surface area contributed by atoms with Gasteiger partial charge in [0.2, 0.25) is 0 Å². The van der Waals surface area contributed by atoms with Crippen LogP contribution in [0.15, 0.2) is 0 Å². The minimum absolute atomic E-state index is 0.102. The van der Waals surface area contributed by atoms with Crippen LogP contribution in [0.5, 0.6) is 0 Å². The maximum Gasteiger partial charge on any atom is 0.417 e. The second-order valence-electron chi connectivity index (χ2n) is 1.93. The summed E-state index contributed by atoms with van der Waals surface area (Å²) >= 11 is 0. The zero-order valence-corrected chi connectivity index (χ0v) is 7.29. The van der Waals surface area contributed by atoms with Crippen LogP contribution in [-0.2, 0) is 19.1 Å². The Balaban J connectivity index is 0. The topological polar surface area (TPSA) is 80.7 Å². The Morgan fingerprint density at radius 1 is 1.25 bits per heavy atom. The number of ether oxygens (including phenoxy) is 1. The third-order valence-electron chi connectivity index (χ3n) is 0.450. The van der Waals surface area contributed by atoms with Gasteiger partial charge in [0, 0.05) is 0 Å². The molecule has 0 radical (unpaired) electrons. The van der Waals surface area contributed by atoms with Crippen molar-refractivity contribution in [2.24, 2.45) is 0 Å². The number of esters is 1. The van der Waals surface area contributed by atoms with E-state index in [-0.39, 0.29) is 12.4 Å². The molecule has 0 aromatic heterocycles. The largest absolute Gasteiger partial charge is 0.473 e. The van der Waals surface area contributed by atoms with Crippen molar-refractivity contribution in [2.75, 3.05) is 6.61 Å². The summed E-state index contributed by atoms with van der Waals surface area (Å²) in [7, 11) is 0. The Morgan fingerprint density at radius 3 is 1.67 bits per heavy atom. The number of rotatable bonds is 1. The molecule has 5 nitrogen and oxygen atoms in total. The van der Waals surface area contributed by atoms with E-state index < -0.39 is 11.9 Å².